The second-order valence-electron chi connectivity index (χ2n) is 4.06. The molecule has 13 heavy (non-hydrogen) atoms. The van der Waals surface area contributed by atoms with Gasteiger partial charge in [-0.05, 0) is 26.1 Å². The number of thioether (sulfide) groups is 1. The van der Waals surface area contributed by atoms with Crippen molar-refractivity contribution in [1.82, 2.24) is 0 Å². The Morgan fingerprint density at radius 3 is 2.31 bits per heavy atom. The minimum atomic E-state index is -1.44. The Kier molecular flexibility index (Phi) is 5.92. The predicted octanol–water partition coefficient (Wildman–Crippen LogP) is 2.90. The van der Waals surface area contributed by atoms with Crippen LogP contribution in [0.2, 0.25) is 19.6 Å². The van der Waals surface area contributed by atoms with Gasteiger partial charge in [0.15, 0.2) is 13.4 Å². The molecule has 78 valence electrons. The third-order valence-corrected chi connectivity index (χ3v) is 3.43. The van der Waals surface area contributed by atoms with E-state index in [-0.39, 0.29) is 11.2 Å². The van der Waals surface area contributed by atoms with Gasteiger partial charge in [-0.2, -0.15) is 0 Å². The van der Waals surface area contributed by atoms with Gasteiger partial charge in [-0.1, -0.05) is 18.7 Å². The molecule has 0 spiro atoms. The first-order valence-electron chi connectivity index (χ1n) is 4.66. The first kappa shape index (κ1) is 13.2. The number of rotatable bonds is 5. The molecule has 0 N–H and O–H groups in total. The highest BCUT2D eigenvalue weighted by molar-refractivity contribution is 8.13. The van der Waals surface area contributed by atoms with Crippen LogP contribution in [0.15, 0.2) is 0 Å². The van der Waals surface area contributed by atoms with Crippen LogP contribution in [0.5, 0.6) is 0 Å². The molecule has 0 fully saturated rings. The molecular formula is C9H20O2SSi. The highest BCUT2D eigenvalue weighted by Gasteiger charge is 2.20. The SMILES string of the molecule is CC[C@H](CSC(C)=O)O[Si](C)(C)C. The summed E-state index contributed by atoms with van der Waals surface area (Å²) in [5.41, 5.74) is 0. The van der Waals surface area contributed by atoms with Crippen LogP contribution < -0.4 is 0 Å². The molecule has 0 bridgehead atoms. The molecule has 0 aliphatic carbocycles. The summed E-state index contributed by atoms with van der Waals surface area (Å²) in [6.45, 7) is 10.2. The lowest BCUT2D eigenvalue weighted by Gasteiger charge is -2.24. The van der Waals surface area contributed by atoms with Gasteiger partial charge >= 0.3 is 0 Å². The smallest absolute Gasteiger partial charge is 0.185 e. The van der Waals surface area contributed by atoms with E-state index in [9.17, 15) is 4.79 Å². The molecule has 1 atom stereocenters. The minimum Gasteiger partial charge on any atom is -0.414 e. The van der Waals surface area contributed by atoms with Crippen molar-refractivity contribution in [3.63, 3.8) is 0 Å². The first-order chi connectivity index (χ1) is 5.85. The zero-order valence-electron chi connectivity index (χ0n) is 9.22. The fraction of sp³-hybridized carbons (Fsp3) is 0.889. The molecule has 0 aliphatic heterocycles. The zero-order valence-corrected chi connectivity index (χ0v) is 11.0. The quantitative estimate of drug-likeness (QED) is 0.666. The lowest BCUT2D eigenvalue weighted by molar-refractivity contribution is -0.109. The highest BCUT2D eigenvalue weighted by atomic mass is 32.2. The van der Waals surface area contributed by atoms with Crippen LogP contribution in [0.3, 0.4) is 0 Å². The van der Waals surface area contributed by atoms with E-state index in [1.165, 1.54) is 11.8 Å². The van der Waals surface area contributed by atoms with E-state index < -0.39 is 8.32 Å². The molecule has 0 aromatic carbocycles. The molecule has 0 saturated heterocycles. The lowest BCUT2D eigenvalue weighted by atomic mass is 10.3. The van der Waals surface area contributed by atoms with E-state index in [0.29, 0.717) is 0 Å². The average molecular weight is 220 g/mol. The topological polar surface area (TPSA) is 26.3 Å². The Labute approximate surface area is 86.6 Å². The van der Waals surface area contributed by atoms with Gasteiger partial charge in [-0.15, -0.1) is 0 Å². The minimum absolute atomic E-state index is 0.178. The van der Waals surface area contributed by atoms with E-state index >= 15 is 0 Å². The zero-order chi connectivity index (χ0) is 10.5. The van der Waals surface area contributed by atoms with E-state index in [2.05, 4.69) is 26.6 Å². The predicted molar refractivity (Wildman–Crippen MR) is 61.6 cm³/mol. The first-order valence-corrected chi connectivity index (χ1v) is 9.05. The van der Waals surface area contributed by atoms with Crippen molar-refractivity contribution in [2.75, 3.05) is 5.75 Å². The largest absolute Gasteiger partial charge is 0.414 e. The summed E-state index contributed by atoms with van der Waals surface area (Å²) >= 11 is 1.36. The lowest BCUT2D eigenvalue weighted by Crippen LogP contribution is -2.33. The van der Waals surface area contributed by atoms with Crippen LogP contribution in [0, 0.1) is 0 Å². The maximum atomic E-state index is 10.7. The van der Waals surface area contributed by atoms with Crippen molar-refractivity contribution >= 4 is 25.2 Å². The van der Waals surface area contributed by atoms with Crippen molar-refractivity contribution in [2.24, 2.45) is 0 Å². The number of carbonyl (C=O) groups excluding carboxylic acids is 1. The summed E-state index contributed by atoms with van der Waals surface area (Å²) in [6, 6.07) is 0. The molecule has 0 aromatic rings. The van der Waals surface area contributed by atoms with Gasteiger partial charge in [-0.25, -0.2) is 0 Å². The molecule has 0 heterocycles. The van der Waals surface area contributed by atoms with Crippen molar-refractivity contribution in [1.29, 1.82) is 0 Å². The molecule has 2 nitrogen and oxygen atoms in total. The third-order valence-electron chi connectivity index (χ3n) is 1.45. The Balaban J connectivity index is 3.83. The maximum absolute atomic E-state index is 10.7. The molecule has 0 amide bonds. The second-order valence-corrected chi connectivity index (χ2v) is 9.72. The van der Waals surface area contributed by atoms with Crippen molar-refractivity contribution in [3.05, 3.63) is 0 Å². The van der Waals surface area contributed by atoms with Gasteiger partial charge < -0.3 is 4.43 Å². The third kappa shape index (κ3) is 8.52. The molecule has 0 saturated carbocycles. The monoisotopic (exact) mass is 220 g/mol. The molecule has 0 aromatic heterocycles. The van der Waals surface area contributed by atoms with Crippen LogP contribution in [-0.4, -0.2) is 25.3 Å². The summed E-state index contributed by atoms with van der Waals surface area (Å²) in [6.07, 6.45) is 1.24. The fourth-order valence-electron chi connectivity index (χ4n) is 0.946. The molecular weight excluding hydrogens is 200 g/mol. The summed E-state index contributed by atoms with van der Waals surface area (Å²) in [7, 11) is -1.44. The van der Waals surface area contributed by atoms with Crippen LogP contribution in [-0.2, 0) is 9.22 Å². The average Bonchev–Trinajstić information content (AvgIpc) is 1.95. The summed E-state index contributed by atoms with van der Waals surface area (Å²) in [4.78, 5) is 10.7. The van der Waals surface area contributed by atoms with Gasteiger partial charge in [0.05, 0.1) is 6.10 Å². The van der Waals surface area contributed by atoms with E-state index in [0.717, 1.165) is 12.2 Å². The van der Waals surface area contributed by atoms with E-state index in [1.807, 2.05) is 0 Å². The number of hydrogen-bond acceptors (Lipinski definition) is 3. The van der Waals surface area contributed by atoms with Crippen molar-refractivity contribution in [3.8, 4) is 0 Å². The number of hydrogen-bond donors (Lipinski definition) is 0. The van der Waals surface area contributed by atoms with Gasteiger partial charge in [0.2, 0.25) is 0 Å². The summed E-state index contributed by atoms with van der Waals surface area (Å²) in [5, 5.41) is 0.178. The summed E-state index contributed by atoms with van der Waals surface area (Å²) in [5.74, 6) is 0.802. The number of carbonyl (C=O) groups is 1. The van der Waals surface area contributed by atoms with Crippen molar-refractivity contribution in [2.45, 2.75) is 46.0 Å². The van der Waals surface area contributed by atoms with E-state index in [1.54, 1.807) is 6.92 Å². The van der Waals surface area contributed by atoms with Gasteiger partial charge in [0, 0.05) is 12.7 Å². The molecule has 0 unspecified atom stereocenters. The van der Waals surface area contributed by atoms with Crippen LogP contribution in [0.25, 0.3) is 0 Å². The molecule has 0 radical (unpaired) electrons. The molecule has 4 heteroatoms. The van der Waals surface area contributed by atoms with Crippen LogP contribution >= 0.6 is 11.8 Å². The molecule has 0 aliphatic rings. The Bertz CT molecular complexity index is 165. The Hall–Kier alpha value is 0.197. The standard InChI is InChI=1S/C9H20O2SSi/c1-6-9(7-12-8(2)10)11-13(3,4)5/h9H,6-7H2,1-5H3/t9-/m1/s1. The highest BCUT2D eigenvalue weighted by Crippen LogP contribution is 2.15. The second kappa shape index (κ2) is 5.83. The van der Waals surface area contributed by atoms with Crippen LogP contribution in [0.1, 0.15) is 20.3 Å². The van der Waals surface area contributed by atoms with Crippen molar-refractivity contribution < 1.29 is 9.22 Å². The Morgan fingerprint density at radius 1 is 1.46 bits per heavy atom. The Morgan fingerprint density at radius 2 is 2.00 bits per heavy atom. The van der Waals surface area contributed by atoms with Crippen LogP contribution in [0.4, 0.5) is 0 Å². The maximum Gasteiger partial charge on any atom is 0.185 e. The van der Waals surface area contributed by atoms with Gasteiger partial charge in [-0.3, -0.25) is 4.79 Å². The van der Waals surface area contributed by atoms with E-state index in [4.69, 9.17) is 4.43 Å². The fourth-order valence-corrected chi connectivity index (χ4v) is 3.04. The molecule has 0 rings (SSSR count). The van der Waals surface area contributed by atoms with Gasteiger partial charge in [0.25, 0.3) is 0 Å². The normalized spacial score (nSPS) is 14.2. The van der Waals surface area contributed by atoms with Gasteiger partial charge in [0.1, 0.15) is 0 Å². The summed E-state index contributed by atoms with van der Waals surface area (Å²) < 4.78 is 5.90.